The normalized spacial score (nSPS) is 10.8. The molecule has 3 nitrogen and oxygen atoms in total. The number of aryl methyl sites for hydroxylation is 2. The molecule has 0 fully saturated rings. The van der Waals surface area contributed by atoms with Gasteiger partial charge in [-0.2, -0.15) is 5.10 Å². The molecular weight excluding hydrogens is 230 g/mol. The van der Waals surface area contributed by atoms with Gasteiger partial charge >= 0.3 is 0 Å². The first-order valence-corrected chi connectivity index (χ1v) is 6.47. The van der Waals surface area contributed by atoms with Crippen LogP contribution in [0.15, 0.2) is 40.4 Å². The molecule has 2 rings (SSSR count). The van der Waals surface area contributed by atoms with E-state index >= 15 is 0 Å². The number of benzene rings is 1. The minimum Gasteiger partial charge on any atom is -0.330 e. The lowest BCUT2D eigenvalue weighted by atomic mass is 10.1. The highest BCUT2D eigenvalue weighted by Crippen LogP contribution is 2.30. The van der Waals surface area contributed by atoms with Crippen LogP contribution in [0.1, 0.15) is 11.1 Å². The Morgan fingerprint density at radius 1 is 1.41 bits per heavy atom. The number of rotatable bonds is 4. The largest absolute Gasteiger partial charge is 0.330 e. The van der Waals surface area contributed by atoms with Gasteiger partial charge < -0.3 is 5.73 Å². The van der Waals surface area contributed by atoms with Crippen LogP contribution >= 0.6 is 11.8 Å². The molecule has 0 amide bonds. The van der Waals surface area contributed by atoms with E-state index in [1.165, 1.54) is 16.0 Å². The van der Waals surface area contributed by atoms with Gasteiger partial charge in [0.1, 0.15) is 0 Å². The van der Waals surface area contributed by atoms with Crippen molar-refractivity contribution >= 4 is 11.8 Å². The van der Waals surface area contributed by atoms with E-state index in [0.29, 0.717) is 6.54 Å². The predicted molar refractivity (Wildman–Crippen MR) is 71.3 cm³/mol. The standard InChI is InChI=1S/C13H17N3S/c1-10-3-4-13(11(7-10)5-6-14)17-12-8-15-16(2)9-12/h3-4,7-9H,5-6,14H2,1-2H3. The van der Waals surface area contributed by atoms with E-state index in [-0.39, 0.29) is 0 Å². The fraction of sp³-hybridized carbons (Fsp3) is 0.308. The molecule has 0 aliphatic carbocycles. The molecular formula is C13H17N3S. The van der Waals surface area contributed by atoms with Gasteiger partial charge in [0.05, 0.1) is 11.1 Å². The monoisotopic (exact) mass is 247 g/mol. The number of nitrogens with zero attached hydrogens (tertiary/aromatic N) is 2. The predicted octanol–water partition coefficient (Wildman–Crippen LogP) is 2.38. The summed E-state index contributed by atoms with van der Waals surface area (Å²) >= 11 is 1.74. The number of hydrogen-bond acceptors (Lipinski definition) is 3. The lowest BCUT2D eigenvalue weighted by Crippen LogP contribution is -2.03. The Kier molecular flexibility index (Phi) is 3.86. The van der Waals surface area contributed by atoms with Crippen LogP contribution in [0.3, 0.4) is 0 Å². The Labute approximate surface area is 106 Å². The molecule has 1 aromatic carbocycles. The second-order valence-corrected chi connectivity index (χ2v) is 5.22. The maximum absolute atomic E-state index is 5.65. The fourth-order valence-electron chi connectivity index (χ4n) is 1.74. The van der Waals surface area contributed by atoms with Crippen LogP contribution in [0.4, 0.5) is 0 Å². The van der Waals surface area contributed by atoms with Crippen molar-refractivity contribution in [1.82, 2.24) is 9.78 Å². The van der Waals surface area contributed by atoms with Crippen molar-refractivity contribution in [3.05, 3.63) is 41.7 Å². The molecule has 0 unspecified atom stereocenters. The third-order valence-electron chi connectivity index (χ3n) is 2.54. The van der Waals surface area contributed by atoms with Crippen molar-refractivity contribution < 1.29 is 0 Å². The van der Waals surface area contributed by atoms with Crippen LogP contribution in [0.5, 0.6) is 0 Å². The second kappa shape index (κ2) is 5.38. The molecule has 0 atom stereocenters. The molecule has 0 aliphatic heterocycles. The van der Waals surface area contributed by atoms with Gasteiger partial charge in [-0.1, -0.05) is 29.5 Å². The highest BCUT2D eigenvalue weighted by molar-refractivity contribution is 7.99. The first-order chi connectivity index (χ1) is 8.19. The minimum absolute atomic E-state index is 0.685. The van der Waals surface area contributed by atoms with E-state index in [9.17, 15) is 0 Å². The third kappa shape index (κ3) is 3.11. The topological polar surface area (TPSA) is 43.8 Å². The summed E-state index contributed by atoms with van der Waals surface area (Å²) in [6, 6.07) is 6.52. The van der Waals surface area contributed by atoms with Gasteiger partial charge in [-0.3, -0.25) is 4.68 Å². The van der Waals surface area contributed by atoms with E-state index in [2.05, 4.69) is 30.2 Å². The highest BCUT2D eigenvalue weighted by atomic mass is 32.2. The molecule has 17 heavy (non-hydrogen) atoms. The van der Waals surface area contributed by atoms with Crippen molar-refractivity contribution in [3.63, 3.8) is 0 Å². The molecule has 0 saturated heterocycles. The first-order valence-electron chi connectivity index (χ1n) is 5.65. The van der Waals surface area contributed by atoms with Crippen LogP contribution in [0, 0.1) is 6.92 Å². The Morgan fingerprint density at radius 3 is 2.88 bits per heavy atom. The zero-order chi connectivity index (χ0) is 12.3. The van der Waals surface area contributed by atoms with Crippen molar-refractivity contribution in [2.45, 2.75) is 23.1 Å². The number of hydrogen-bond donors (Lipinski definition) is 1. The van der Waals surface area contributed by atoms with Crippen LogP contribution in [0.2, 0.25) is 0 Å². The van der Waals surface area contributed by atoms with Gasteiger partial charge in [0.2, 0.25) is 0 Å². The smallest absolute Gasteiger partial charge is 0.0629 e. The molecule has 0 spiro atoms. The molecule has 4 heteroatoms. The van der Waals surface area contributed by atoms with E-state index in [4.69, 9.17) is 5.73 Å². The van der Waals surface area contributed by atoms with Crippen LogP contribution in [-0.4, -0.2) is 16.3 Å². The lowest BCUT2D eigenvalue weighted by molar-refractivity contribution is 0.766. The Balaban J connectivity index is 2.25. The number of aromatic nitrogens is 2. The van der Waals surface area contributed by atoms with Crippen LogP contribution in [-0.2, 0) is 13.5 Å². The summed E-state index contributed by atoms with van der Waals surface area (Å²) in [6.07, 6.45) is 4.83. The first kappa shape index (κ1) is 12.2. The quantitative estimate of drug-likeness (QED) is 0.902. The van der Waals surface area contributed by atoms with E-state index in [1.54, 1.807) is 11.8 Å². The average molecular weight is 247 g/mol. The van der Waals surface area contributed by atoms with Crippen LogP contribution in [0.25, 0.3) is 0 Å². The van der Waals surface area contributed by atoms with E-state index in [0.717, 1.165) is 11.3 Å². The maximum atomic E-state index is 5.65. The van der Waals surface area contributed by atoms with Gasteiger partial charge in [0.25, 0.3) is 0 Å². The average Bonchev–Trinajstić information content (AvgIpc) is 2.69. The van der Waals surface area contributed by atoms with Gasteiger partial charge in [0, 0.05) is 18.1 Å². The minimum atomic E-state index is 0.685. The lowest BCUT2D eigenvalue weighted by Gasteiger charge is -2.08. The molecule has 90 valence electrons. The Bertz CT molecular complexity index is 505. The summed E-state index contributed by atoms with van der Waals surface area (Å²) in [5.74, 6) is 0. The van der Waals surface area contributed by atoms with Crippen molar-refractivity contribution in [3.8, 4) is 0 Å². The van der Waals surface area contributed by atoms with Gasteiger partial charge in [-0.25, -0.2) is 0 Å². The highest BCUT2D eigenvalue weighted by Gasteiger charge is 2.05. The van der Waals surface area contributed by atoms with Crippen molar-refractivity contribution in [2.75, 3.05) is 6.54 Å². The molecule has 0 bridgehead atoms. The number of nitrogens with two attached hydrogens (primary N) is 1. The molecule has 0 aliphatic rings. The van der Waals surface area contributed by atoms with E-state index in [1.807, 2.05) is 24.1 Å². The summed E-state index contributed by atoms with van der Waals surface area (Å²) in [4.78, 5) is 2.43. The summed E-state index contributed by atoms with van der Waals surface area (Å²) in [5.41, 5.74) is 8.25. The molecule has 0 radical (unpaired) electrons. The summed E-state index contributed by atoms with van der Waals surface area (Å²) in [5, 5.41) is 4.18. The zero-order valence-corrected chi connectivity index (χ0v) is 11.0. The molecule has 2 aromatic rings. The maximum Gasteiger partial charge on any atom is 0.0629 e. The molecule has 1 aromatic heterocycles. The summed E-state index contributed by atoms with van der Waals surface area (Å²) < 4.78 is 1.82. The zero-order valence-electron chi connectivity index (χ0n) is 10.2. The molecule has 0 saturated carbocycles. The van der Waals surface area contributed by atoms with Crippen molar-refractivity contribution in [1.29, 1.82) is 0 Å². The SMILES string of the molecule is Cc1ccc(Sc2cnn(C)c2)c(CCN)c1. The van der Waals surface area contributed by atoms with Gasteiger partial charge in [-0.05, 0) is 31.5 Å². The van der Waals surface area contributed by atoms with Crippen molar-refractivity contribution in [2.24, 2.45) is 12.8 Å². The summed E-state index contributed by atoms with van der Waals surface area (Å²) in [7, 11) is 1.93. The second-order valence-electron chi connectivity index (χ2n) is 4.10. The van der Waals surface area contributed by atoms with E-state index < -0.39 is 0 Å². The molecule has 2 N–H and O–H groups in total. The Hall–Kier alpha value is -1.26. The van der Waals surface area contributed by atoms with Gasteiger partial charge in [0.15, 0.2) is 0 Å². The summed E-state index contributed by atoms with van der Waals surface area (Å²) in [6.45, 7) is 2.79. The molecule has 1 heterocycles. The fourth-order valence-corrected chi connectivity index (χ4v) is 2.72. The van der Waals surface area contributed by atoms with Gasteiger partial charge in [-0.15, -0.1) is 0 Å². The third-order valence-corrected chi connectivity index (χ3v) is 3.60. The Morgan fingerprint density at radius 2 is 2.24 bits per heavy atom. The van der Waals surface area contributed by atoms with Crippen LogP contribution < -0.4 is 5.73 Å².